The summed E-state index contributed by atoms with van der Waals surface area (Å²) in [5, 5.41) is 9.78. The molecule has 0 spiro atoms. The standard InChI is InChI=1S/C15H17NO4S2/c1-19-7-3-6-16-14(18)13(22-15(16)21)9-10-4-5-12(20-2)11(17)8-10/h4-5,8-9,17H,3,6-7H2,1-2H3/b13-9-. The van der Waals surface area contributed by atoms with Crippen molar-refractivity contribution in [2.75, 3.05) is 27.4 Å². The number of hydrogen-bond acceptors (Lipinski definition) is 6. The maximum Gasteiger partial charge on any atom is 0.266 e. The molecule has 0 unspecified atom stereocenters. The molecule has 1 aromatic rings. The van der Waals surface area contributed by atoms with E-state index in [2.05, 4.69) is 0 Å². The predicted molar refractivity (Wildman–Crippen MR) is 91.0 cm³/mol. The van der Waals surface area contributed by atoms with Gasteiger partial charge in [-0.2, -0.15) is 0 Å². The lowest BCUT2D eigenvalue weighted by atomic mass is 10.2. The molecule has 118 valence electrons. The Hall–Kier alpha value is -1.57. The van der Waals surface area contributed by atoms with E-state index in [1.165, 1.54) is 18.9 Å². The summed E-state index contributed by atoms with van der Waals surface area (Å²) in [4.78, 5) is 14.5. The molecule has 1 aliphatic heterocycles. The summed E-state index contributed by atoms with van der Waals surface area (Å²) >= 11 is 6.51. The first-order valence-electron chi connectivity index (χ1n) is 6.68. The first-order valence-corrected chi connectivity index (χ1v) is 7.90. The number of methoxy groups -OCH3 is 2. The quantitative estimate of drug-likeness (QED) is 0.488. The van der Waals surface area contributed by atoms with Crippen molar-refractivity contribution in [3.05, 3.63) is 28.7 Å². The smallest absolute Gasteiger partial charge is 0.266 e. The fourth-order valence-electron chi connectivity index (χ4n) is 2.01. The van der Waals surface area contributed by atoms with Crippen molar-refractivity contribution in [3.63, 3.8) is 0 Å². The summed E-state index contributed by atoms with van der Waals surface area (Å²) in [6.45, 7) is 1.13. The zero-order valence-corrected chi connectivity index (χ0v) is 14.0. The number of thiocarbonyl (C=S) groups is 1. The van der Waals surface area contributed by atoms with E-state index in [0.717, 1.165) is 12.0 Å². The molecule has 0 aromatic heterocycles. The molecule has 1 saturated heterocycles. The second-order valence-electron chi connectivity index (χ2n) is 4.61. The van der Waals surface area contributed by atoms with Crippen molar-refractivity contribution in [2.24, 2.45) is 0 Å². The van der Waals surface area contributed by atoms with Crippen LogP contribution >= 0.6 is 24.0 Å². The number of phenolic OH excluding ortho intramolecular Hbond substituents is 1. The van der Waals surface area contributed by atoms with E-state index in [9.17, 15) is 9.90 Å². The molecule has 22 heavy (non-hydrogen) atoms. The van der Waals surface area contributed by atoms with Gasteiger partial charge in [0.15, 0.2) is 11.5 Å². The second kappa shape index (κ2) is 7.62. The van der Waals surface area contributed by atoms with Crippen LogP contribution in [0.3, 0.4) is 0 Å². The zero-order valence-electron chi connectivity index (χ0n) is 12.4. The van der Waals surface area contributed by atoms with Gasteiger partial charge in [-0.05, 0) is 30.2 Å². The van der Waals surface area contributed by atoms with Crippen molar-refractivity contribution >= 4 is 40.3 Å². The van der Waals surface area contributed by atoms with Crippen molar-refractivity contribution in [1.29, 1.82) is 0 Å². The van der Waals surface area contributed by atoms with Gasteiger partial charge < -0.3 is 14.6 Å². The highest BCUT2D eigenvalue weighted by molar-refractivity contribution is 8.26. The molecular formula is C15H17NO4S2. The molecule has 7 heteroatoms. The molecule has 0 saturated carbocycles. The number of carbonyl (C=O) groups is 1. The number of amides is 1. The zero-order chi connectivity index (χ0) is 16.1. The third kappa shape index (κ3) is 3.79. The SMILES string of the molecule is COCCCN1C(=O)/C(=C/c2ccc(OC)c(O)c2)SC1=S. The molecule has 5 nitrogen and oxygen atoms in total. The van der Waals surface area contributed by atoms with E-state index < -0.39 is 0 Å². The third-order valence-electron chi connectivity index (χ3n) is 3.10. The Morgan fingerprint density at radius 3 is 2.82 bits per heavy atom. The highest BCUT2D eigenvalue weighted by atomic mass is 32.2. The summed E-state index contributed by atoms with van der Waals surface area (Å²) in [5.41, 5.74) is 0.718. The van der Waals surface area contributed by atoms with Gasteiger partial charge in [0.05, 0.1) is 12.0 Å². The van der Waals surface area contributed by atoms with Crippen LogP contribution in [0.2, 0.25) is 0 Å². The number of ether oxygens (including phenoxy) is 2. The van der Waals surface area contributed by atoms with Crippen molar-refractivity contribution in [3.8, 4) is 11.5 Å². The molecule has 2 rings (SSSR count). The monoisotopic (exact) mass is 339 g/mol. The summed E-state index contributed by atoms with van der Waals surface area (Å²) in [6.07, 6.45) is 2.45. The van der Waals surface area contributed by atoms with Crippen LogP contribution in [-0.2, 0) is 9.53 Å². The van der Waals surface area contributed by atoms with Gasteiger partial charge in [0.25, 0.3) is 5.91 Å². The number of phenols is 1. The average molecular weight is 339 g/mol. The van der Waals surface area contributed by atoms with Crippen LogP contribution < -0.4 is 4.74 Å². The predicted octanol–water partition coefficient (Wildman–Crippen LogP) is 2.64. The highest BCUT2D eigenvalue weighted by Gasteiger charge is 2.31. The van der Waals surface area contributed by atoms with E-state index in [1.54, 1.807) is 36.3 Å². The van der Waals surface area contributed by atoms with Crippen molar-refractivity contribution in [2.45, 2.75) is 6.42 Å². The lowest BCUT2D eigenvalue weighted by Crippen LogP contribution is -2.29. The molecule has 1 aliphatic rings. The molecule has 1 fully saturated rings. The van der Waals surface area contributed by atoms with Gasteiger partial charge >= 0.3 is 0 Å². The summed E-state index contributed by atoms with van der Waals surface area (Å²) < 4.78 is 10.5. The number of thioether (sulfide) groups is 1. The molecule has 1 heterocycles. The number of carbonyl (C=O) groups excluding carboxylic acids is 1. The summed E-state index contributed by atoms with van der Waals surface area (Å²) in [6, 6.07) is 4.98. The summed E-state index contributed by atoms with van der Waals surface area (Å²) in [5.74, 6) is 0.317. The van der Waals surface area contributed by atoms with Crippen LogP contribution in [-0.4, -0.2) is 47.6 Å². The number of benzene rings is 1. The average Bonchev–Trinajstić information content (AvgIpc) is 2.75. The van der Waals surface area contributed by atoms with Gasteiger partial charge in [-0.1, -0.05) is 30.0 Å². The Balaban J connectivity index is 2.14. The highest BCUT2D eigenvalue weighted by Crippen LogP contribution is 2.34. The molecule has 1 aromatic carbocycles. The fraction of sp³-hybridized carbons (Fsp3) is 0.333. The van der Waals surface area contributed by atoms with Gasteiger partial charge in [0, 0.05) is 20.3 Å². The Labute approximate surface area is 138 Å². The van der Waals surface area contributed by atoms with Crippen molar-refractivity contribution in [1.82, 2.24) is 4.90 Å². The van der Waals surface area contributed by atoms with Gasteiger partial charge in [-0.15, -0.1) is 0 Å². The Bertz CT molecular complexity index is 616. The van der Waals surface area contributed by atoms with Crippen LogP contribution in [0.15, 0.2) is 23.1 Å². The van der Waals surface area contributed by atoms with Gasteiger partial charge in [0.1, 0.15) is 4.32 Å². The number of aromatic hydroxyl groups is 1. The molecule has 0 atom stereocenters. The van der Waals surface area contributed by atoms with Gasteiger partial charge in [-0.3, -0.25) is 9.69 Å². The molecule has 1 N–H and O–H groups in total. The topological polar surface area (TPSA) is 59.0 Å². The van der Waals surface area contributed by atoms with Crippen LogP contribution in [0, 0.1) is 0 Å². The lowest BCUT2D eigenvalue weighted by molar-refractivity contribution is -0.122. The molecule has 0 aliphatic carbocycles. The first kappa shape index (κ1) is 16.8. The molecular weight excluding hydrogens is 322 g/mol. The minimum atomic E-state index is -0.110. The molecule has 0 bridgehead atoms. The van der Waals surface area contributed by atoms with Crippen LogP contribution in [0.4, 0.5) is 0 Å². The minimum Gasteiger partial charge on any atom is -0.504 e. The summed E-state index contributed by atoms with van der Waals surface area (Å²) in [7, 11) is 3.11. The number of hydrogen-bond donors (Lipinski definition) is 1. The maximum absolute atomic E-state index is 12.3. The second-order valence-corrected chi connectivity index (χ2v) is 6.29. The van der Waals surface area contributed by atoms with E-state index >= 15 is 0 Å². The molecule has 1 amide bonds. The fourth-order valence-corrected chi connectivity index (χ4v) is 3.32. The van der Waals surface area contributed by atoms with Crippen LogP contribution in [0.25, 0.3) is 6.08 Å². The van der Waals surface area contributed by atoms with Gasteiger partial charge in [0.2, 0.25) is 0 Å². The largest absolute Gasteiger partial charge is 0.504 e. The van der Waals surface area contributed by atoms with E-state index in [0.29, 0.717) is 28.1 Å². The van der Waals surface area contributed by atoms with E-state index in [4.69, 9.17) is 21.7 Å². The first-order chi connectivity index (χ1) is 10.6. The third-order valence-corrected chi connectivity index (χ3v) is 4.48. The van der Waals surface area contributed by atoms with E-state index in [-0.39, 0.29) is 11.7 Å². The Kier molecular flexibility index (Phi) is 5.82. The van der Waals surface area contributed by atoms with Crippen LogP contribution in [0.5, 0.6) is 11.5 Å². The Morgan fingerprint density at radius 1 is 1.41 bits per heavy atom. The van der Waals surface area contributed by atoms with Gasteiger partial charge in [-0.25, -0.2) is 0 Å². The van der Waals surface area contributed by atoms with E-state index in [1.807, 2.05) is 0 Å². The number of rotatable bonds is 6. The maximum atomic E-state index is 12.3. The Morgan fingerprint density at radius 2 is 2.18 bits per heavy atom. The lowest BCUT2D eigenvalue weighted by Gasteiger charge is -2.13. The van der Waals surface area contributed by atoms with Crippen LogP contribution in [0.1, 0.15) is 12.0 Å². The minimum absolute atomic E-state index is 0.0341. The normalized spacial score (nSPS) is 16.6. The molecule has 0 radical (unpaired) electrons. The number of nitrogens with zero attached hydrogens (tertiary/aromatic N) is 1. The van der Waals surface area contributed by atoms with Crippen molar-refractivity contribution < 1.29 is 19.4 Å².